The quantitative estimate of drug-likeness (QED) is 0.465. The van der Waals surface area contributed by atoms with Crippen LogP contribution in [0.3, 0.4) is 0 Å². The van der Waals surface area contributed by atoms with Crippen LogP contribution in [0.5, 0.6) is 17.2 Å². The van der Waals surface area contributed by atoms with E-state index in [0.29, 0.717) is 34.7 Å². The summed E-state index contributed by atoms with van der Waals surface area (Å²) >= 11 is 0. The molecule has 0 radical (unpaired) electrons. The second-order valence-electron chi connectivity index (χ2n) is 6.33. The number of aromatic nitrogens is 3. The van der Waals surface area contributed by atoms with Gasteiger partial charge in [0.05, 0.1) is 21.3 Å². The van der Waals surface area contributed by atoms with E-state index in [1.165, 1.54) is 0 Å². The summed E-state index contributed by atoms with van der Waals surface area (Å²) in [5, 5.41) is 8.64. The average molecular weight is 403 g/mol. The maximum absolute atomic E-state index is 5.40. The van der Waals surface area contributed by atoms with Gasteiger partial charge in [0.1, 0.15) is 5.82 Å². The Kier molecular flexibility index (Phi) is 5.47. The molecule has 0 saturated carbocycles. The highest BCUT2D eigenvalue weighted by molar-refractivity contribution is 5.94. The molecule has 4 aromatic rings. The topological polar surface area (TPSA) is 90.4 Å². The molecule has 0 aliphatic carbocycles. The Balaban J connectivity index is 1.61. The van der Waals surface area contributed by atoms with Gasteiger partial charge in [-0.15, -0.1) is 0 Å². The number of hydrogen-bond donors (Lipinski definition) is 2. The largest absolute Gasteiger partial charge is 0.493 e. The molecule has 0 saturated heterocycles. The van der Waals surface area contributed by atoms with Gasteiger partial charge in [-0.1, -0.05) is 12.1 Å². The number of rotatable bonds is 7. The van der Waals surface area contributed by atoms with E-state index in [0.717, 1.165) is 16.5 Å². The number of nitrogens with one attached hydrogen (secondary N) is 2. The first-order valence-electron chi connectivity index (χ1n) is 9.21. The van der Waals surface area contributed by atoms with Gasteiger partial charge in [-0.25, -0.2) is 4.98 Å². The smallest absolute Gasteiger partial charge is 0.229 e. The molecule has 2 aromatic carbocycles. The van der Waals surface area contributed by atoms with Crippen molar-refractivity contribution >= 4 is 33.9 Å². The third-order valence-electron chi connectivity index (χ3n) is 4.52. The van der Waals surface area contributed by atoms with Crippen molar-refractivity contribution in [2.45, 2.75) is 0 Å². The summed E-state index contributed by atoms with van der Waals surface area (Å²) in [5.41, 5.74) is 1.64. The van der Waals surface area contributed by atoms with E-state index < -0.39 is 0 Å². The van der Waals surface area contributed by atoms with Crippen LogP contribution in [0.25, 0.3) is 10.8 Å². The first-order chi connectivity index (χ1) is 14.7. The minimum atomic E-state index is 0.427. The maximum atomic E-state index is 5.40. The van der Waals surface area contributed by atoms with Crippen molar-refractivity contribution in [3.8, 4) is 17.2 Å². The highest BCUT2D eigenvalue weighted by atomic mass is 16.5. The van der Waals surface area contributed by atoms with Crippen LogP contribution in [0, 0.1) is 0 Å². The number of fused-ring (bicyclic) bond motifs is 1. The van der Waals surface area contributed by atoms with Gasteiger partial charge in [0.2, 0.25) is 11.7 Å². The van der Waals surface area contributed by atoms with E-state index in [2.05, 4.69) is 25.6 Å². The minimum absolute atomic E-state index is 0.427. The van der Waals surface area contributed by atoms with Gasteiger partial charge in [0.15, 0.2) is 11.5 Å². The van der Waals surface area contributed by atoms with E-state index in [1.54, 1.807) is 51.9 Å². The zero-order chi connectivity index (χ0) is 20.9. The Morgan fingerprint density at radius 3 is 2.37 bits per heavy atom. The molecule has 2 N–H and O–H groups in total. The van der Waals surface area contributed by atoms with Crippen LogP contribution in [0.2, 0.25) is 0 Å². The van der Waals surface area contributed by atoms with Crippen LogP contribution in [0.4, 0.5) is 23.1 Å². The van der Waals surface area contributed by atoms with E-state index in [-0.39, 0.29) is 0 Å². The van der Waals surface area contributed by atoms with Crippen LogP contribution in [0.1, 0.15) is 0 Å². The molecule has 8 heteroatoms. The Morgan fingerprint density at radius 2 is 1.63 bits per heavy atom. The van der Waals surface area contributed by atoms with Crippen molar-refractivity contribution in [2.24, 2.45) is 0 Å². The lowest BCUT2D eigenvalue weighted by Crippen LogP contribution is -2.02. The molecule has 2 aromatic heterocycles. The lowest BCUT2D eigenvalue weighted by molar-refractivity contribution is 0.324. The molecule has 0 amide bonds. The first kappa shape index (κ1) is 19.3. The lowest BCUT2D eigenvalue weighted by atomic mass is 10.1. The number of nitrogens with zero attached hydrogens (tertiary/aromatic N) is 3. The molecule has 0 bridgehead atoms. The van der Waals surface area contributed by atoms with E-state index in [1.807, 2.05) is 30.5 Å². The van der Waals surface area contributed by atoms with Crippen LogP contribution >= 0.6 is 0 Å². The van der Waals surface area contributed by atoms with Gasteiger partial charge in [0, 0.05) is 52.9 Å². The summed E-state index contributed by atoms with van der Waals surface area (Å²) < 4.78 is 16.2. The van der Waals surface area contributed by atoms with Crippen LogP contribution < -0.4 is 24.8 Å². The number of methoxy groups -OCH3 is 3. The van der Waals surface area contributed by atoms with Crippen molar-refractivity contribution < 1.29 is 14.2 Å². The predicted octanol–water partition coefficient (Wildman–Crippen LogP) is 4.54. The molecule has 0 aliphatic heterocycles. The molecule has 152 valence electrons. The summed E-state index contributed by atoms with van der Waals surface area (Å²) in [6.07, 6.45) is 5.28. The lowest BCUT2D eigenvalue weighted by Gasteiger charge is -2.15. The third-order valence-corrected chi connectivity index (χ3v) is 4.52. The van der Waals surface area contributed by atoms with Crippen molar-refractivity contribution in [3.63, 3.8) is 0 Å². The van der Waals surface area contributed by atoms with E-state index in [4.69, 9.17) is 14.2 Å². The fourth-order valence-electron chi connectivity index (χ4n) is 3.14. The van der Waals surface area contributed by atoms with Gasteiger partial charge in [0.25, 0.3) is 0 Å². The molecule has 0 spiro atoms. The Hall–Kier alpha value is -4.07. The molecule has 8 nitrogen and oxygen atoms in total. The zero-order valence-electron chi connectivity index (χ0n) is 16.8. The van der Waals surface area contributed by atoms with Crippen molar-refractivity contribution in [1.82, 2.24) is 15.0 Å². The molecule has 0 unspecified atom stereocenters. The van der Waals surface area contributed by atoms with E-state index in [9.17, 15) is 0 Å². The molecule has 2 heterocycles. The molecule has 0 atom stereocenters. The normalized spacial score (nSPS) is 10.5. The molecule has 4 rings (SSSR count). The monoisotopic (exact) mass is 403 g/mol. The molecule has 30 heavy (non-hydrogen) atoms. The minimum Gasteiger partial charge on any atom is -0.493 e. The van der Waals surface area contributed by atoms with Gasteiger partial charge in [-0.3, -0.25) is 4.98 Å². The van der Waals surface area contributed by atoms with Crippen LogP contribution in [-0.2, 0) is 0 Å². The second kappa shape index (κ2) is 8.52. The van der Waals surface area contributed by atoms with Crippen LogP contribution in [-0.4, -0.2) is 36.3 Å². The number of anilines is 4. The Bertz CT molecular complexity index is 1150. The van der Waals surface area contributed by atoms with E-state index >= 15 is 0 Å². The predicted molar refractivity (Wildman–Crippen MR) is 116 cm³/mol. The number of benzene rings is 2. The van der Waals surface area contributed by atoms with Crippen molar-refractivity contribution in [1.29, 1.82) is 0 Å². The standard InChI is InChI=1S/C22H21N5O3/c1-28-18-11-15(12-19(29-2)21(18)30-3)25-22-24-10-8-20(27-22)26-17-6-4-5-14-13-23-9-7-16(14)17/h4-13H,1-3H3,(H2,24,25,26,27). The fourth-order valence-corrected chi connectivity index (χ4v) is 3.14. The fraction of sp³-hybridized carbons (Fsp3) is 0.136. The number of ether oxygens (including phenoxy) is 3. The van der Waals surface area contributed by atoms with Gasteiger partial charge < -0.3 is 24.8 Å². The third kappa shape index (κ3) is 3.88. The van der Waals surface area contributed by atoms with Crippen molar-refractivity contribution in [2.75, 3.05) is 32.0 Å². The molecular formula is C22H21N5O3. The Morgan fingerprint density at radius 1 is 0.833 bits per heavy atom. The van der Waals surface area contributed by atoms with Gasteiger partial charge in [-0.2, -0.15) is 4.98 Å². The molecule has 0 aliphatic rings. The summed E-state index contributed by atoms with van der Waals surface area (Å²) in [5.74, 6) is 2.68. The van der Waals surface area contributed by atoms with Gasteiger partial charge >= 0.3 is 0 Å². The maximum Gasteiger partial charge on any atom is 0.229 e. The highest BCUT2D eigenvalue weighted by Crippen LogP contribution is 2.40. The summed E-state index contributed by atoms with van der Waals surface area (Å²) in [6.45, 7) is 0. The second-order valence-corrected chi connectivity index (χ2v) is 6.33. The average Bonchev–Trinajstić information content (AvgIpc) is 2.79. The first-order valence-corrected chi connectivity index (χ1v) is 9.21. The van der Waals surface area contributed by atoms with Crippen molar-refractivity contribution in [3.05, 3.63) is 61.1 Å². The summed E-state index contributed by atoms with van der Waals surface area (Å²) in [7, 11) is 4.71. The number of hydrogen-bond acceptors (Lipinski definition) is 8. The van der Waals surface area contributed by atoms with Gasteiger partial charge in [-0.05, 0) is 18.2 Å². The number of pyridine rings is 1. The SMILES string of the molecule is COc1cc(Nc2nccc(Nc3cccc4cnccc34)n2)cc(OC)c1OC. The zero-order valence-corrected chi connectivity index (χ0v) is 16.8. The summed E-state index contributed by atoms with van der Waals surface area (Å²) in [6, 6.07) is 13.4. The highest BCUT2D eigenvalue weighted by Gasteiger charge is 2.14. The summed E-state index contributed by atoms with van der Waals surface area (Å²) in [4.78, 5) is 13.0. The molecular weight excluding hydrogens is 382 g/mol. The Labute approximate surface area is 173 Å². The molecule has 0 fully saturated rings. The van der Waals surface area contributed by atoms with Crippen LogP contribution in [0.15, 0.2) is 61.1 Å².